The van der Waals surface area contributed by atoms with Crippen LogP contribution in [0.15, 0.2) is 12.1 Å². The molecule has 1 rings (SSSR count). The summed E-state index contributed by atoms with van der Waals surface area (Å²) in [6.07, 6.45) is 0. The molecule has 1 aromatic heterocycles. The molecular weight excluding hydrogens is 232 g/mol. The number of rotatable bonds is 5. The van der Waals surface area contributed by atoms with Crippen LogP contribution in [0, 0.1) is 5.92 Å². The minimum atomic E-state index is -1.16. The summed E-state index contributed by atoms with van der Waals surface area (Å²) in [5, 5.41) is 20.7. The zero-order chi connectivity index (χ0) is 12.1. The van der Waals surface area contributed by atoms with Crippen molar-refractivity contribution in [2.75, 3.05) is 18.5 Å². The molecule has 0 amide bonds. The van der Waals surface area contributed by atoms with E-state index in [1.54, 1.807) is 6.07 Å². The smallest absolute Gasteiger partial charge is 0.356 e. The van der Waals surface area contributed by atoms with Crippen LogP contribution in [0.5, 0.6) is 0 Å². The lowest BCUT2D eigenvalue weighted by molar-refractivity contribution is 0.0691. The summed E-state index contributed by atoms with van der Waals surface area (Å²) in [6, 6.07) is 3.07. The van der Waals surface area contributed by atoms with Gasteiger partial charge in [-0.3, -0.25) is 0 Å². The van der Waals surface area contributed by atoms with Crippen LogP contribution in [0.3, 0.4) is 0 Å². The molecular formula is C10H13ClN2O3. The number of hydrogen-bond donors (Lipinski definition) is 3. The Kier molecular flexibility index (Phi) is 4.52. The highest BCUT2D eigenvalue weighted by Gasteiger charge is 2.11. The van der Waals surface area contributed by atoms with Gasteiger partial charge in [0.05, 0.1) is 5.02 Å². The molecule has 6 heteroatoms. The number of carboxylic acid groups (broad SMARTS) is 1. The molecule has 1 aromatic rings. The molecule has 16 heavy (non-hydrogen) atoms. The molecule has 88 valence electrons. The van der Waals surface area contributed by atoms with Gasteiger partial charge in [-0.15, -0.1) is 0 Å². The summed E-state index contributed by atoms with van der Waals surface area (Å²) >= 11 is 5.67. The molecule has 0 bridgehead atoms. The Morgan fingerprint density at radius 3 is 2.88 bits per heavy atom. The summed E-state index contributed by atoms with van der Waals surface area (Å²) in [5.41, 5.74) is -0.177. The molecule has 0 saturated heterocycles. The molecule has 0 radical (unpaired) electrons. The zero-order valence-electron chi connectivity index (χ0n) is 8.77. The Balaban J connectivity index is 2.75. The molecule has 0 aliphatic rings. The van der Waals surface area contributed by atoms with Gasteiger partial charge in [-0.25, -0.2) is 9.78 Å². The lowest BCUT2D eigenvalue weighted by Gasteiger charge is -2.10. The summed E-state index contributed by atoms with van der Waals surface area (Å²) in [6.45, 7) is 2.44. The maximum atomic E-state index is 10.8. The maximum absolute atomic E-state index is 10.8. The number of carbonyl (C=O) groups is 1. The number of aliphatic hydroxyl groups is 1. The minimum Gasteiger partial charge on any atom is -0.476 e. The molecule has 1 unspecified atom stereocenters. The number of anilines is 1. The fourth-order valence-corrected chi connectivity index (χ4v) is 1.22. The first-order valence-corrected chi connectivity index (χ1v) is 5.17. The Morgan fingerprint density at radius 1 is 1.62 bits per heavy atom. The van der Waals surface area contributed by atoms with E-state index in [1.165, 1.54) is 6.07 Å². The topological polar surface area (TPSA) is 82.5 Å². The van der Waals surface area contributed by atoms with Gasteiger partial charge in [0.25, 0.3) is 0 Å². The summed E-state index contributed by atoms with van der Waals surface area (Å²) in [4.78, 5) is 14.6. The molecule has 0 spiro atoms. The molecule has 0 fully saturated rings. The van der Waals surface area contributed by atoms with E-state index in [9.17, 15) is 4.79 Å². The van der Waals surface area contributed by atoms with E-state index in [2.05, 4.69) is 10.3 Å². The van der Waals surface area contributed by atoms with Gasteiger partial charge in [0.2, 0.25) is 0 Å². The SMILES string of the molecule is CC(CO)CNc1ccc(Cl)c(C(=O)O)n1. The van der Waals surface area contributed by atoms with Crippen LogP contribution in [0.2, 0.25) is 5.02 Å². The second kappa shape index (κ2) is 5.67. The number of nitrogens with zero attached hydrogens (tertiary/aromatic N) is 1. The quantitative estimate of drug-likeness (QED) is 0.731. The average molecular weight is 245 g/mol. The van der Waals surface area contributed by atoms with Crippen LogP contribution < -0.4 is 5.32 Å². The number of hydrogen-bond acceptors (Lipinski definition) is 4. The van der Waals surface area contributed by atoms with Gasteiger partial charge in [0.1, 0.15) is 5.82 Å². The lowest BCUT2D eigenvalue weighted by atomic mass is 10.2. The second-order valence-corrected chi connectivity index (χ2v) is 3.91. The Labute approximate surface area is 98.1 Å². The van der Waals surface area contributed by atoms with Crippen molar-refractivity contribution in [3.63, 3.8) is 0 Å². The van der Waals surface area contributed by atoms with E-state index in [0.29, 0.717) is 12.4 Å². The van der Waals surface area contributed by atoms with E-state index in [-0.39, 0.29) is 23.2 Å². The van der Waals surface area contributed by atoms with Crippen LogP contribution >= 0.6 is 11.6 Å². The molecule has 3 N–H and O–H groups in total. The normalized spacial score (nSPS) is 12.2. The van der Waals surface area contributed by atoms with Crippen molar-refractivity contribution < 1.29 is 15.0 Å². The summed E-state index contributed by atoms with van der Waals surface area (Å²) in [7, 11) is 0. The first kappa shape index (κ1) is 12.7. The molecule has 0 saturated carbocycles. The first-order valence-electron chi connectivity index (χ1n) is 4.79. The maximum Gasteiger partial charge on any atom is 0.356 e. The van der Waals surface area contributed by atoms with Gasteiger partial charge in [-0.05, 0) is 18.1 Å². The first-order chi connectivity index (χ1) is 7.54. The molecule has 0 aliphatic heterocycles. The van der Waals surface area contributed by atoms with Crippen molar-refractivity contribution >= 4 is 23.4 Å². The lowest BCUT2D eigenvalue weighted by Crippen LogP contribution is -2.16. The van der Waals surface area contributed by atoms with Crippen LogP contribution in [-0.4, -0.2) is 34.3 Å². The van der Waals surface area contributed by atoms with Crippen molar-refractivity contribution in [3.8, 4) is 0 Å². The Morgan fingerprint density at radius 2 is 2.31 bits per heavy atom. The fraction of sp³-hybridized carbons (Fsp3) is 0.400. The number of carboxylic acids is 1. The van der Waals surface area contributed by atoms with E-state index < -0.39 is 5.97 Å². The number of halogens is 1. The summed E-state index contributed by atoms with van der Waals surface area (Å²) in [5.74, 6) is -0.656. The Bertz CT molecular complexity index is 384. The van der Waals surface area contributed by atoms with Gasteiger partial charge in [-0.2, -0.15) is 0 Å². The van der Waals surface area contributed by atoms with Gasteiger partial charge >= 0.3 is 5.97 Å². The monoisotopic (exact) mass is 244 g/mol. The molecule has 5 nitrogen and oxygen atoms in total. The van der Waals surface area contributed by atoms with Crippen molar-refractivity contribution in [2.24, 2.45) is 5.92 Å². The molecule has 0 aromatic carbocycles. The van der Waals surface area contributed by atoms with Gasteiger partial charge in [0.15, 0.2) is 5.69 Å². The standard InChI is InChI=1S/C10H13ClN2O3/c1-6(5-14)4-12-8-3-2-7(11)9(13-8)10(15)16/h2-3,6,14H,4-5H2,1H3,(H,12,13)(H,15,16). The van der Waals surface area contributed by atoms with Crippen molar-refractivity contribution in [1.29, 1.82) is 0 Å². The third kappa shape index (κ3) is 3.36. The van der Waals surface area contributed by atoms with Crippen LogP contribution in [0.1, 0.15) is 17.4 Å². The largest absolute Gasteiger partial charge is 0.476 e. The minimum absolute atomic E-state index is 0.0619. The number of aliphatic hydroxyl groups excluding tert-OH is 1. The third-order valence-corrected chi connectivity index (χ3v) is 2.30. The number of aromatic nitrogens is 1. The molecule has 0 aliphatic carbocycles. The van der Waals surface area contributed by atoms with E-state index in [1.807, 2.05) is 6.92 Å². The van der Waals surface area contributed by atoms with Crippen molar-refractivity contribution in [1.82, 2.24) is 4.98 Å². The highest BCUT2D eigenvalue weighted by Crippen LogP contribution is 2.16. The Hall–Kier alpha value is -1.33. The highest BCUT2D eigenvalue weighted by atomic mass is 35.5. The van der Waals surface area contributed by atoms with Crippen molar-refractivity contribution in [2.45, 2.75) is 6.92 Å². The van der Waals surface area contributed by atoms with Gasteiger partial charge in [-0.1, -0.05) is 18.5 Å². The second-order valence-electron chi connectivity index (χ2n) is 3.50. The number of aromatic carboxylic acids is 1. The fourth-order valence-electron chi connectivity index (χ4n) is 1.03. The van der Waals surface area contributed by atoms with E-state index >= 15 is 0 Å². The van der Waals surface area contributed by atoms with E-state index in [4.69, 9.17) is 21.8 Å². The van der Waals surface area contributed by atoms with Crippen LogP contribution in [0.25, 0.3) is 0 Å². The molecule has 1 heterocycles. The number of nitrogens with one attached hydrogen (secondary N) is 1. The third-order valence-electron chi connectivity index (χ3n) is 1.99. The average Bonchev–Trinajstić information content (AvgIpc) is 2.27. The van der Waals surface area contributed by atoms with Crippen LogP contribution in [0.4, 0.5) is 5.82 Å². The van der Waals surface area contributed by atoms with Crippen molar-refractivity contribution in [3.05, 3.63) is 22.8 Å². The molecule has 1 atom stereocenters. The van der Waals surface area contributed by atoms with Gasteiger partial charge in [0, 0.05) is 13.2 Å². The van der Waals surface area contributed by atoms with E-state index in [0.717, 1.165) is 0 Å². The van der Waals surface area contributed by atoms with Crippen LogP contribution in [-0.2, 0) is 0 Å². The summed E-state index contributed by atoms with van der Waals surface area (Å²) < 4.78 is 0. The highest BCUT2D eigenvalue weighted by molar-refractivity contribution is 6.33. The van der Waals surface area contributed by atoms with Gasteiger partial charge < -0.3 is 15.5 Å². The predicted molar refractivity (Wildman–Crippen MR) is 60.9 cm³/mol. The zero-order valence-corrected chi connectivity index (χ0v) is 9.53. The number of pyridine rings is 1. The predicted octanol–water partition coefficient (Wildman–Crippen LogP) is 1.47.